The van der Waals surface area contributed by atoms with Gasteiger partial charge in [0.05, 0.1) is 11.1 Å². The van der Waals surface area contributed by atoms with Gasteiger partial charge in [0, 0.05) is 34.6 Å². The fourth-order valence-electron chi connectivity index (χ4n) is 2.37. The molecule has 10 nitrogen and oxygen atoms in total. The molecule has 0 bridgehead atoms. The smallest absolute Gasteiger partial charge is 0.332 e. The van der Waals surface area contributed by atoms with Crippen LogP contribution in [0.5, 0.6) is 0 Å². The molecule has 10 heteroatoms. The molecule has 0 saturated carbocycles. The maximum absolute atomic E-state index is 12.3. The first-order chi connectivity index (χ1) is 10.6. The number of nitrogen functional groups attached to an aromatic ring is 2. The van der Waals surface area contributed by atoms with Crippen molar-refractivity contribution in [2.24, 2.45) is 28.2 Å². The van der Waals surface area contributed by atoms with Crippen molar-refractivity contribution in [2.45, 2.75) is 6.42 Å². The maximum Gasteiger partial charge on any atom is 0.332 e. The van der Waals surface area contributed by atoms with Gasteiger partial charge in [-0.3, -0.25) is 27.9 Å². The van der Waals surface area contributed by atoms with E-state index in [4.69, 9.17) is 11.5 Å². The summed E-state index contributed by atoms with van der Waals surface area (Å²) in [6.07, 6.45) is -0.181. The van der Waals surface area contributed by atoms with Crippen LogP contribution in [0.4, 0.5) is 11.6 Å². The number of anilines is 2. The van der Waals surface area contributed by atoms with Crippen LogP contribution in [-0.2, 0) is 34.6 Å². The number of rotatable bonds is 2. The topological polar surface area (TPSA) is 140 Å². The minimum atomic E-state index is -0.610. The van der Waals surface area contributed by atoms with Crippen LogP contribution in [0, 0.1) is 0 Å². The molecule has 0 aliphatic heterocycles. The third kappa shape index (κ3) is 2.28. The summed E-state index contributed by atoms with van der Waals surface area (Å²) in [7, 11) is 5.47. The first-order valence-electron chi connectivity index (χ1n) is 6.68. The molecule has 0 radical (unpaired) electrons. The summed E-state index contributed by atoms with van der Waals surface area (Å²) in [5.41, 5.74) is 9.45. The fourth-order valence-corrected chi connectivity index (χ4v) is 2.37. The molecule has 2 aromatic heterocycles. The molecule has 2 aromatic rings. The van der Waals surface area contributed by atoms with Gasteiger partial charge in [-0.1, -0.05) is 0 Å². The molecule has 4 N–H and O–H groups in total. The third-order valence-corrected chi connectivity index (χ3v) is 3.97. The van der Waals surface area contributed by atoms with Crippen LogP contribution in [-0.4, -0.2) is 18.3 Å². The Bertz CT molecular complexity index is 953. The molecule has 0 unspecified atom stereocenters. The lowest BCUT2D eigenvalue weighted by atomic mass is 10.1. The molecular formula is C13H18N6O4. The Balaban J connectivity index is 2.82. The van der Waals surface area contributed by atoms with Gasteiger partial charge < -0.3 is 11.5 Å². The Labute approximate surface area is 129 Å². The zero-order chi connectivity index (χ0) is 17.6. The van der Waals surface area contributed by atoms with Crippen LogP contribution >= 0.6 is 0 Å². The Hall–Kier alpha value is -3.04. The van der Waals surface area contributed by atoms with Gasteiger partial charge >= 0.3 is 11.4 Å². The average molecular weight is 322 g/mol. The summed E-state index contributed by atoms with van der Waals surface area (Å²) < 4.78 is 4.02. The van der Waals surface area contributed by atoms with Gasteiger partial charge in [0.1, 0.15) is 11.6 Å². The molecule has 0 aliphatic carbocycles. The van der Waals surface area contributed by atoms with Crippen LogP contribution in [0.25, 0.3) is 0 Å². The molecule has 2 heterocycles. The van der Waals surface area contributed by atoms with E-state index in [9.17, 15) is 19.2 Å². The zero-order valence-corrected chi connectivity index (χ0v) is 13.3. The highest BCUT2D eigenvalue weighted by Crippen LogP contribution is 2.12. The standard InChI is InChI=1S/C13H18N6O4/c1-16-8(14)6(10(20)18(3)12(16)22)5-7-9(15)17(2)13(23)19(4)11(7)21/h5,14-15H2,1-4H3. The van der Waals surface area contributed by atoms with Crippen molar-refractivity contribution in [3.8, 4) is 0 Å². The van der Waals surface area contributed by atoms with E-state index in [1.165, 1.54) is 28.2 Å². The second-order valence-electron chi connectivity index (χ2n) is 5.32. The Kier molecular flexibility index (Phi) is 3.77. The van der Waals surface area contributed by atoms with E-state index in [1.807, 2.05) is 0 Å². The molecule has 2 rings (SSSR count). The summed E-state index contributed by atoms with van der Waals surface area (Å²) in [5.74, 6) is -0.0955. The normalized spacial score (nSPS) is 11.0. The highest BCUT2D eigenvalue weighted by molar-refractivity contribution is 5.47. The second-order valence-corrected chi connectivity index (χ2v) is 5.32. The predicted octanol–water partition coefficient (Wildman–Crippen LogP) is -2.76. The lowest BCUT2D eigenvalue weighted by molar-refractivity contribution is 0.667. The van der Waals surface area contributed by atoms with Crippen LogP contribution in [0.3, 0.4) is 0 Å². The molecular weight excluding hydrogens is 304 g/mol. The van der Waals surface area contributed by atoms with Gasteiger partial charge in [-0.05, 0) is 0 Å². The van der Waals surface area contributed by atoms with Crippen molar-refractivity contribution in [1.29, 1.82) is 0 Å². The van der Waals surface area contributed by atoms with Crippen LogP contribution in [0.2, 0.25) is 0 Å². The number of hydrogen-bond acceptors (Lipinski definition) is 6. The lowest BCUT2D eigenvalue weighted by Gasteiger charge is -2.14. The van der Waals surface area contributed by atoms with Gasteiger partial charge in [-0.2, -0.15) is 0 Å². The number of aromatic nitrogens is 4. The van der Waals surface area contributed by atoms with Crippen LogP contribution < -0.4 is 34.0 Å². The number of nitrogens with zero attached hydrogens (tertiary/aromatic N) is 4. The Morgan fingerprint density at radius 1 is 0.652 bits per heavy atom. The molecule has 0 aromatic carbocycles. The summed E-state index contributed by atoms with van der Waals surface area (Å²) in [6, 6.07) is 0. The first-order valence-corrected chi connectivity index (χ1v) is 6.68. The van der Waals surface area contributed by atoms with E-state index >= 15 is 0 Å². The van der Waals surface area contributed by atoms with E-state index < -0.39 is 22.5 Å². The summed E-state index contributed by atoms with van der Waals surface area (Å²) in [4.78, 5) is 48.2. The van der Waals surface area contributed by atoms with Gasteiger partial charge in [0.25, 0.3) is 11.1 Å². The highest BCUT2D eigenvalue weighted by Gasteiger charge is 2.19. The minimum Gasteiger partial charge on any atom is -0.385 e. The van der Waals surface area contributed by atoms with Crippen molar-refractivity contribution < 1.29 is 0 Å². The van der Waals surface area contributed by atoms with Gasteiger partial charge in [-0.15, -0.1) is 0 Å². The quantitative estimate of drug-likeness (QED) is 0.613. The van der Waals surface area contributed by atoms with E-state index in [2.05, 4.69) is 0 Å². The van der Waals surface area contributed by atoms with Crippen LogP contribution in [0.15, 0.2) is 19.2 Å². The molecule has 0 fully saturated rings. The van der Waals surface area contributed by atoms with Crippen molar-refractivity contribution >= 4 is 11.6 Å². The van der Waals surface area contributed by atoms with Crippen molar-refractivity contribution in [2.75, 3.05) is 11.5 Å². The largest absolute Gasteiger partial charge is 0.385 e. The SMILES string of the molecule is Cn1c(N)c(Cc2c(N)n(C)c(=O)n(C)c2=O)c(=O)n(C)c1=O. The summed E-state index contributed by atoms with van der Waals surface area (Å²) in [6.45, 7) is 0. The van der Waals surface area contributed by atoms with Gasteiger partial charge in [-0.25, -0.2) is 9.59 Å². The third-order valence-electron chi connectivity index (χ3n) is 3.97. The van der Waals surface area contributed by atoms with E-state index in [1.54, 1.807) is 0 Å². The second kappa shape index (κ2) is 5.30. The van der Waals surface area contributed by atoms with E-state index in [0.29, 0.717) is 0 Å². The average Bonchev–Trinajstić information content (AvgIpc) is 2.54. The van der Waals surface area contributed by atoms with Crippen molar-refractivity contribution in [3.63, 3.8) is 0 Å². The molecule has 0 aliphatic rings. The lowest BCUT2D eigenvalue weighted by Crippen LogP contribution is -2.43. The minimum absolute atomic E-state index is 0.0478. The highest BCUT2D eigenvalue weighted by atomic mass is 16.2. The Morgan fingerprint density at radius 3 is 1.26 bits per heavy atom. The summed E-state index contributed by atoms with van der Waals surface area (Å²) >= 11 is 0. The zero-order valence-electron chi connectivity index (χ0n) is 13.3. The molecule has 23 heavy (non-hydrogen) atoms. The molecule has 0 atom stereocenters. The molecule has 0 amide bonds. The Morgan fingerprint density at radius 2 is 0.957 bits per heavy atom. The first kappa shape index (κ1) is 16.3. The van der Waals surface area contributed by atoms with Crippen LogP contribution in [0.1, 0.15) is 11.1 Å². The fraction of sp³-hybridized carbons (Fsp3) is 0.385. The van der Waals surface area contributed by atoms with Crippen molar-refractivity contribution in [1.82, 2.24) is 18.3 Å². The molecule has 0 spiro atoms. The van der Waals surface area contributed by atoms with Gasteiger partial charge in [0.15, 0.2) is 0 Å². The number of hydrogen-bond donors (Lipinski definition) is 2. The summed E-state index contributed by atoms with van der Waals surface area (Å²) in [5, 5.41) is 0. The maximum atomic E-state index is 12.3. The van der Waals surface area contributed by atoms with Crippen molar-refractivity contribution in [3.05, 3.63) is 52.8 Å². The predicted molar refractivity (Wildman–Crippen MR) is 85.5 cm³/mol. The van der Waals surface area contributed by atoms with E-state index in [-0.39, 0.29) is 29.2 Å². The molecule has 124 valence electrons. The van der Waals surface area contributed by atoms with Gasteiger partial charge in [0.2, 0.25) is 0 Å². The van der Waals surface area contributed by atoms with E-state index in [0.717, 1.165) is 18.3 Å². The number of nitrogens with two attached hydrogens (primary N) is 2. The monoisotopic (exact) mass is 322 g/mol. The molecule has 0 saturated heterocycles.